The molecule has 1 heterocycles. The number of hydrogen-bond acceptors (Lipinski definition) is 5. The van der Waals surface area contributed by atoms with E-state index in [1.54, 1.807) is 25.1 Å². The van der Waals surface area contributed by atoms with Crippen LogP contribution in [0.3, 0.4) is 0 Å². The van der Waals surface area contributed by atoms with E-state index in [9.17, 15) is 9.59 Å². The number of benzene rings is 1. The number of carbonyl (C=O) groups excluding carboxylic acids is 2. The summed E-state index contributed by atoms with van der Waals surface area (Å²) in [4.78, 5) is 23.2. The van der Waals surface area contributed by atoms with Gasteiger partial charge in [-0.2, -0.15) is 0 Å². The Bertz CT molecular complexity index is 515. The first kappa shape index (κ1) is 15.2. The maximum Gasteiger partial charge on any atom is 0.307 e. The molecule has 21 heavy (non-hydrogen) atoms. The van der Waals surface area contributed by atoms with Gasteiger partial charge in [-0.05, 0) is 25.1 Å². The second-order valence-electron chi connectivity index (χ2n) is 4.52. The average molecular weight is 293 g/mol. The van der Waals surface area contributed by atoms with Crippen LogP contribution in [0.1, 0.15) is 30.1 Å². The Balaban J connectivity index is 1.90. The highest BCUT2D eigenvalue weighted by atomic mass is 16.5. The van der Waals surface area contributed by atoms with Gasteiger partial charge in [0, 0.05) is 18.5 Å². The lowest BCUT2D eigenvalue weighted by molar-refractivity contribution is -0.142. The van der Waals surface area contributed by atoms with E-state index in [0.29, 0.717) is 36.9 Å². The van der Waals surface area contributed by atoms with Crippen LogP contribution in [0, 0.1) is 0 Å². The summed E-state index contributed by atoms with van der Waals surface area (Å²) in [5, 5.41) is 2.67. The molecule has 0 aliphatic carbocycles. The largest absolute Gasteiger partial charge is 0.490 e. The van der Waals surface area contributed by atoms with E-state index in [-0.39, 0.29) is 24.8 Å². The lowest BCUT2D eigenvalue weighted by atomic mass is 10.2. The summed E-state index contributed by atoms with van der Waals surface area (Å²) < 4.78 is 15.8. The van der Waals surface area contributed by atoms with Gasteiger partial charge in [-0.15, -0.1) is 0 Å². The van der Waals surface area contributed by atoms with Gasteiger partial charge >= 0.3 is 5.97 Å². The molecule has 1 aliphatic heterocycles. The van der Waals surface area contributed by atoms with E-state index >= 15 is 0 Å². The number of esters is 1. The van der Waals surface area contributed by atoms with Crippen molar-refractivity contribution in [3.8, 4) is 11.5 Å². The highest BCUT2D eigenvalue weighted by molar-refractivity contribution is 5.95. The van der Waals surface area contributed by atoms with Crippen molar-refractivity contribution in [2.75, 3.05) is 26.4 Å². The van der Waals surface area contributed by atoms with E-state index < -0.39 is 0 Å². The number of ether oxygens (including phenoxy) is 3. The Morgan fingerprint density at radius 2 is 2.00 bits per heavy atom. The van der Waals surface area contributed by atoms with Crippen LogP contribution in [-0.2, 0) is 9.53 Å². The molecule has 0 saturated heterocycles. The quantitative estimate of drug-likeness (QED) is 0.833. The Morgan fingerprint density at radius 1 is 1.24 bits per heavy atom. The monoisotopic (exact) mass is 293 g/mol. The molecule has 1 N–H and O–H groups in total. The molecule has 1 aromatic carbocycles. The lowest BCUT2D eigenvalue weighted by Crippen LogP contribution is -2.26. The number of amides is 1. The minimum Gasteiger partial charge on any atom is -0.490 e. The molecule has 2 rings (SSSR count). The van der Waals surface area contributed by atoms with E-state index in [1.165, 1.54) is 0 Å². The molecule has 0 atom stereocenters. The van der Waals surface area contributed by atoms with Gasteiger partial charge in [-0.3, -0.25) is 9.59 Å². The Hall–Kier alpha value is -2.24. The van der Waals surface area contributed by atoms with Crippen molar-refractivity contribution in [1.29, 1.82) is 0 Å². The normalized spacial score (nSPS) is 13.2. The third kappa shape index (κ3) is 4.37. The second kappa shape index (κ2) is 7.52. The fourth-order valence-electron chi connectivity index (χ4n) is 1.92. The van der Waals surface area contributed by atoms with Gasteiger partial charge < -0.3 is 19.5 Å². The summed E-state index contributed by atoms with van der Waals surface area (Å²) in [5.74, 6) is 0.646. The molecule has 114 valence electrons. The number of carbonyl (C=O) groups is 2. The molecule has 1 amide bonds. The van der Waals surface area contributed by atoms with Crippen LogP contribution in [0.4, 0.5) is 0 Å². The fourth-order valence-corrected chi connectivity index (χ4v) is 1.92. The van der Waals surface area contributed by atoms with Crippen molar-refractivity contribution in [2.45, 2.75) is 19.8 Å². The highest BCUT2D eigenvalue weighted by Gasteiger charge is 2.14. The minimum absolute atomic E-state index is 0.157. The first-order valence-corrected chi connectivity index (χ1v) is 7.04. The van der Waals surface area contributed by atoms with Crippen molar-refractivity contribution in [2.24, 2.45) is 0 Å². The van der Waals surface area contributed by atoms with Crippen LogP contribution >= 0.6 is 0 Å². The van der Waals surface area contributed by atoms with Crippen LogP contribution in [0.15, 0.2) is 18.2 Å². The van der Waals surface area contributed by atoms with Crippen molar-refractivity contribution in [3.63, 3.8) is 0 Å². The van der Waals surface area contributed by atoms with Crippen LogP contribution in [-0.4, -0.2) is 38.2 Å². The van der Waals surface area contributed by atoms with Gasteiger partial charge in [0.2, 0.25) is 0 Å². The third-order valence-electron chi connectivity index (χ3n) is 2.93. The Labute approximate surface area is 123 Å². The second-order valence-corrected chi connectivity index (χ2v) is 4.52. The molecular formula is C15H19NO5. The van der Waals surface area contributed by atoms with Crippen molar-refractivity contribution in [3.05, 3.63) is 23.8 Å². The molecule has 0 radical (unpaired) electrons. The lowest BCUT2D eigenvalue weighted by Gasteiger charge is -2.09. The van der Waals surface area contributed by atoms with E-state index in [0.717, 1.165) is 6.42 Å². The van der Waals surface area contributed by atoms with Gasteiger partial charge in [0.15, 0.2) is 11.5 Å². The van der Waals surface area contributed by atoms with Gasteiger partial charge in [0.1, 0.15) is 0 Å². The molecule has 1 aromatic rings. The number of fused-ring (bicyclic) bond motifs is 1. The van der Waals surface area contributed by atoms with Crippen LogP contribution < -0.4 is 14.8 Å². The molecule has 0 aromatic heterocycles. The van der Waals surface area contributed by atoms with E-state index in [4.69, 9.17) is 14.2 Å². The predicted octanol–water partition coefficient (Wildman–Crippen LogP) is 1.53. The van der Waals surface area contributed by atoms with Gasteiger partial charge in [-0.1, -0.05) is 0 Å². The van der Waals surface area contributed by atoms with Crippen molar-refractivity contribution < 1.29 is 23.8 Å². The first-order valence-electron chi connectivity index (χ1n) is 7.04. The predicted molar refractivity (Wildman–Crippen MR) is 75.6 cm³/mol. The molecule has 6 heteroatoms. The van der Waals surface area contributed by atoms with Crippen LogP contribution in [0.2, 0.25) is 0 Å². The summed E-state index contributed by atoms with van der Waals surface area (Å²) in [6.07, 6.45) is 0.972. The average Bonchev–Trinajstić information content (AvgIpc) is 2.71. The SMILES string of the molecule is CCOC(=O)CCNC(=O)c1ccc2c(c1)OCCCO2. The number of hydrogen-bond donors (Lipinski definition) is 1. The molecule has 0 fully saturated rings. The summed E-state index contributed by atoms with van der Waals surface area (Å²) in [6.45, 7) is 3.51. The van der Waals surface area contributed by atoms with E-state index in [1.807, 2.05) is 0 Å². The molecule has 0 spiro atoms. The zero-order valence-electron chi connectivity index (χ0n) is 12.0. The molecule has 0 saturated carbocycles. The molecule has 0 bridgehead atoms. The third-order valence-corrected chi connectivity index (χ3v) is 2.93. The maximum atomic E-state index is 12.0. The summed E-state index contributed by atoms with van der Waals surface area (Å²) in [6, 6.07) is 5.05. The van der Waals surface area contributed by atoms with Crippen molar-refractivity contribution in [1.82, 2.24) is 5.32 Å². The standard InChI is InChI=1S/C15H19NO5/c1-2-19-14(17)6-7-16-15(18)11-4-5-12-13(10-11)21-9-3-8-20-12/h4-5,10H,2-3,6-9H2,1H3,(H,16,18). The summed E-state index contributed by atoms with van der Waals surface area (Å²) >= 11 is 0. The smallest absolute Gasteiger partial charge is 0.307 e. The Kier molecular flexibility index (Phi) is 5.43. The number of rotatable bonds is 5. The molecular weight excluding hydrogens is 274 g/mol. The topological polar surface area (TPSA) is 73.9 Å². The van der Waals surface area contributed by atoms with Gasteiger partial charge in [0.05, 0.1) is 26.2 Å². The fraction of sp³-hybridized carbons (Fsp3) is 0.467. The van der Waals surface area contributed by atoms with Crippen LogP contribution in [0.5, 0.6) is 11.5 Å². The zero-order valence-corrected chi connectivity index (χ0v) is 12.0. The number of nitrogens with one attached hydrogen (secondary N) is 1. The van der Waals surface area contributed by atoms with Gasteiger partial charge in [-0.25, -0.2) is 0 Å². The molecule has 1 aliphatic rings. The molecule has 6 nitrogen and oxygen atoms in total. The first-order chi connectivity index (χ1) is 10.2. The van der Waals surface area contributed by atoms with E-state index in [2.05, 4.69) is 5.32 Å². The van der Waals surface area contributed by atoms with Crippen LogP contribution in [0.25, 0.3) is 0 Å². The minimum atomic E-state index is -0.323. The summed E-state index contributed by atoms with van der Waals surface area (Å²) in [7, 11) is 0. The Morgan fingerprint density at radius 3 is 2.76 bits per heavy atom. The maximum absolute atomic E-state index is 12.0. The van der Waals surface area contributed by atoms with Gasteiger partial charge in [0.25, 0.3) is 5.91 Å². The highest BCUT2D eigenvalue weighted by Crippen LogP contribution is 2.30. The summed E-state index contributed by atoms with van der Waals surface area (Å²) in [5.41, 5.74) is 0.475. The molecule has 0 unspecified atom stereocenters. The van der Waals surface area contributed by atoms with Crippen molar-refractivity contribution >= 4 is 11.9 Å². The zero-order chi connectivity index (χ0) is 15.1.